The van der Waals surface area contributed by atoms with Crippen LogP contribution in [0.3, 0.4) is 0 Å². The van der Waals surface area contributed by atoms with E-state index in [1.807, 2.05) is 13.8 Å². The maximum absolute atomic E-state index is 12.8. The van der Waals surface area contributed by atoms with E-state index in [4.69, 9.17) is 0 Å². The molecule has 0 spiro atoms. The topological polar surface area (TPSA) is 95.6 Å². The highest BCUT2D eigenvalue weighted by atomic mass is 32.2. The zero-order chi connectivity index (χ0) is 17.8. The predicted molar refractivity (Wildman–Crippen MR) is 92.8 cm³/mol. The SMILES string of the molecule is CCN[C@H](C)CNS(=O)(=O)c1ccccc1S(=O)(=O)N1CCCC1. The van der Waals surface area contributed by atoms with Gasteiger partial charge in [0.25, 0.3) is 0 Å². The molecule has 0 aliphatic carbocycles. The second-order valence-corrected chi connectivity index (χ2v) is 9.51. The van der Waals surface area contributed by atoms with E-state index in [0.29, 0.717) is 13.1 Å². The van der Waals surface area contributed by atoms with Crippen molar-refractivity contribution in [3.05, 3.63) is 24.3 Å². The summed E-state index contributed by atoms with van der Waals surface area (Å²) in [5.74, 6) is 0. The maximum atomic E-state index is 12.8. The van der Waals surface area contributed by atoms with E-state index in [1.54, 1.807) is 6.07 Å². The molecule has 2 N–H and O–H groups in total. The fraction of sp³-hybridized carbons (Fsp3) is 0.600. The van der Waals surface area contributed by atoms with Gasteiger partial charge in [-0.25, -0.2) is 21.6 Å². The van der Waals surface area contributed by atoms with Gasteiger partial charge in [0.1, 0.15) is 9.79 Å². The Hall–Kier alpha value is -1.00. The number of likely N-dealkylation sites (N-methyl/N-ethyl adjacent to an activating group) is 1. The zero-order valence-electron chi connectivity index (χ0n) is 14.0. The molecule has 1 aliphatic heterocycles. The first-order valence-electron chi connectivity index (χ1n) is 8.11. The molecule has 0 unspecified atom stereocenters. The van der Waals surface area contributed by atoms with E-state index >= 15 is 0 Å². The lowest BCUT2D eigenvalue weighted by Crippen LogP contribution is -2.39. The van der Waals surface area contributed by atoms with Crippen molar-refractivity contribution in [1.82, 2.24) is 14.3 Å². The summed E-state index contributed by atoms with van der Waals surface area (Å²) < 4.78 is 54.6. The van der Waals surface area contributed by atoms with Gasteiger partial charge in [-0.15, -0.1) is 0 Å². The number of sulfonamides is 2. The van der Waals surface area contributed by atoms with Crippen molar-refractivity contribution in [2.75, 3.05) is 26.2 Å². The molecule has 2 rings (SSSR count). The molecule has 24 heavy (non-hydrogen) atoms. The van der Waals surface area contributed by atoms with Crippen molar-refractivity contribution in [3.8, 4) is 0 Å². The first-order chi connectivity index (χ1) is 11.3. The van der Waals surface area contributed by atoms with Crippen molar-refractivity contribution in [3.63, 3.8) is 0 Å². The van der Waals surface area contributed by atoms with Crippen LogP contribution in [0.1, 0.15) is 26.7 Å². The van der Waals surface area contributed by atoms with Gasteiger partial charge in [-0.05, 0) is 38.4 Å². The number of hydrogen-bond donors (Lipinski definition) is 2. The molecule has 1 atom stereocenters. The Balaban J connectivity index is 2.31. The van der Waals surface area contributed by atoms with E-state index < -0.39 is 20.0 Å². The minimum absolute atomic E-state index is 0.0490. The Labute approximate surface area is 144 Å². The molecule has 9 heteroatoms. The second kappa shape index (κ2) is 7.92. The zero-order valence-corrected chi connectivity index (χ0v) is 15.7. The number of rotatable bonds is 8. The lowest BCUT2D eigenvalue weighted by Gasteiger charge is -2.19. The van der Waals surface area contributed by atoms with Gasteiger partial charge in [-0.1, -0.05) is 19.1 Å². The molecular weight excluding hydrogens is 350 g/mol. The summed E-state index contributed by atoms with van der Waals surface area (Å²) in [7, 11) is -7.72. The number of nitrogens with zero attached hydrogens (tertiary/aromatic N) is 1. The number of benzene rings is 1. The van der Waals surface area contributed by atoms with Gasteiger partial charge in [-0.3, -0.25) is 0 Å². The van der Waals surface area contributed by atoms with Crippen molar-refractivity contribution in [2.24, 2.45) is 0 Å². The number of hydrogen-bond acceptors (Lipinski definition) is 5. The normalized spacial score (nSPS) is 17.9. The standard InChI is InChI=1S/C15H25N3O4S2/c1-3-16-13(2)12-17-23(19,20)14-8-4-5-9-15(14)24(21,22)18-10-6-7-11-18/h4-5,8-9,13,16-17H,3,6-7,10-12H2,1-2H3/t13-/m1/s1. The van der Waals surface area contributed by atoms with Crippen LogP contribution in [0.5, 0.6) is 0 Å². The highest BCUT2D eigenvalue weighted by Crippen LogP contribution is 2.26. The largest absolute Gasteiger partial charge is 0.313 e. The summed E-state index contributed by atoms with van der Waals surface area (Å²) in [4.78, 5) is -0.351. The van der Waals surface area contributed by atoms with Crippen molar-refractivity contribution in [2.45, 2.75) is 42.5 Å². The van der Waals surface area contributed by atoms with E-state index in [-0.39, 0.29) is 22.4 Å². The molecule has 1 fully saturated rings. The van der Waals surface area contributed by atoms with Crippen LogP contribution >= 0.6 is 0 Å². The van der Waals surface area contributed by atoms with Crippen LogP contribution in [-0.4, -0.2) is 53.4 Å². The van der Waals surface area contributed by atoms with Crippen LogP contribution in [0.2, 0.25) is 0 Å². The Bertz CT molecular complexity index is 757. The molecule has 0 amide bonds. The molecule has 0 bridgehead atoms. The average molecular weight is 376 g/mol. The quantitative estimate of drug-likeness (QED) is 0.699. The highest BCUT2D eigenvalue weighted by molar-refractivity contribution is 7.92. The lowest BCUT2D eigenvalue weighted by molar-refractivity contribution is 0.474. The Morgan fingerprint density at radius 2 is 1.67 bits per heavy atom. The minimum atomic E-state index is -3.91. The van der Waals surface area contributed by atoms with Gasteiger partial charge in [0.15, 0.2) is 0 Å². The Morgan fingerprint density at radius 1 is 1.08 bits per heavy atom. The average Bonchev–Trinajstić information content (AvgIpc) is 3.09. The molecule has 136 valence electrons. The molecule has 1 aromatic carbocycles. The third kappa shape index (κ3) is 4.34. The molecule has 1 aliphatic rings. The molecule has 1 aromatic rings. The fourth-order valence-corrected chi connectivity index (χ4v) is 6.14. The van der Waals surface area contributed by atoms with Gasteiger partial charge in [0, 0.05) is 25.7 Å². The predicted octanol–water partition coefficient (Wildman–Crippen LogP) is 0.747. The summed E-state index contributed by atoms with van der Waals surface area (Å²) in [6.45, 7) is 5.57. The molecule has 0 radical (unpaired) electrons. The van der Waals surface area contributed by atoms with Crippen LogP contribution in [0.25, 0.3) is 0 Å². The Morgan fingerprint density at radius 3 is 2.25 bits per heavy atom. The van der Waals surface area contributed by atoms with Crippen LogP contribution in [0.4, 0.5) is 0 Å². The van der Waals surface area contributed by atoms with Gasteiger partial charge >= 0.3 is 0 Å². The van der Waals surface area contributed by atoms with Gasteiger partial charge in [-0.2, -0.15) is 4.31 Å². The van der Waals surface area contributed by atoms with Gasteiger partial charge in [0.2, 0.25) is 20.0 Å². The fourth-order valence-electron chi connectivity index (χ4n) is 2.69. The highest BCUT2D eigenvalue weighted by Gasteiger charge is 2.32. The molecule has 7 nitrogen and oxygen atoms in total. The van der Waals surface area contributed by atoms with Crippen molar-refractivity contribution in [1.29, 1.82) is 0 Å². The third-order valence-electron chi connectivity index (χ3n) is 3.95. The van der Waals surface area contributed by atoms with Crippen LogP contribution < -0.4 is 10.0 Å². The van der Waals surface area contributed by atoms with Crippen molar-refractivity contribution < 1.29 is 16.8 Å². The van der Waals surface area contributed by atoms with Crippen molar-refractivity contribution >= 4 is 20.0 Å². The first kappa shape index (κ1) is 19.3. The summed E-state index contributed by atoms with van der Waals surface area (Å²) in [5.41, 5.74) is 0. The third-order valence-corrected chi connectivity index (χ3v) is 7.52. The number of nitrogens with one attached hydrogen (secondary N) is 2. The first-order valence-corrected chi connectivity index (χ1v) is 11.0. The van der Waals surface area contributed by atoms with Crippen LogP contribution in [0, 0.1) is 0 Å². The molecule has 0 saturated carbocycles. The maximum Gasteiger partial charge on any atom is 0.244 e. The second-order valence-electron chi connectivity index (χ2n) is 5.87. The summed E-state index contributed by atoms with van der Waals surface area (Å²) >= 11 is 0. The minimum Gasteiger partial charge on any atom is -0.313 e. The van der Waals surface area contributed by atoms with E-state index in [1.165, 1.54) is 22.5 Å². The molecule has 0 aromatic heterocycles. The van der Waals surface area contributed by atoms with Gasteiger partial charge < -0.3 is 5.32 Å². The lowest BCUT2D eigenvalue weighted by atomic mass is 10.3. The van der Waals surface area contributed by atoms with Gasteiger partial charge in [0.05, 0.1) is 0 Å². The van der Waals surface area contributed by atoms with E-state index in [0.717, 1.165) is 19.4 Å². The summed E-state index contributed by atoms with van der Waals surface area (Å²) in [6, 6.07) is 5.72. The molecular formula is C15H25N3O4S2. The smallest absolute Gasteiger partial charge is 0.244 e. The Kier molecular flexibility index (Phi) is 6.38. The van der Waals surface area contributed by atoms with Crippen LogP contribution in [-0.2, 0) is 20.0 Å². The monoisotopic (exact) mass is 375 g/mol. The molecule has 1 heterocycles. The summed E-state index contributed by atoms with van der Waals surface area (Å²) in [5, 5.41) is 3.11. The van der Waals surface area contributed by atoms with E-state index in [2.05, 4.69) is 10.0 Å². The van der Waals surface area contributed by atoms with Crippen LogP contribution in [0.15, 0.2) is 34.1 Å². The summed E-state index contributed by atoms with van der Waals surface area (Å²) in [6.07, 6.45) is 1.60. The van der Waals surface area contributed by atoms with E-state index in [9.17, 15) is 16.8 Å². The molecule has 1 saturated heterocycles.